The Morgan fingerprint density at radius 3 is 1.00 bits per heavy atom. The van der Waals surface area contributed by atoms with Gasteiger partial charge in [-0.3, -0.25) is 0 Å². The normalized spacial score (nSPS) is 11.0. The summed E-state index contributed by atoms with van der Waals surface area (Å²) < 4.78 is 0. The van der Waals surface area contributed by atoms with Crippen molar-refractivity contribution in [1.82, 2.24) is 9.97 Å². The second-order valence-corrected chi connectivity index (χ2v) is 13.1. The van der Waals surface area contributed by atoms with E-state index in [1.54, 1.807) is 0 Å². The van der Waals surface area contributed by atoms with E-state index >= 15 is 0 Å². The first-order valence-corrected chi connectivity index (χ1v) is 17.9. The number of hydrogen-bond donors (Lipinski definition) is 0. The molecule has 0 saturated carbocycles. The first-order chi connectivity index (χ1) is 26.3. The summed E-state index contributed by atoms with van der Waals surface area (Å²) in [5, 5.41) is 0. The minimum atomic E-state index is 0.859. The van der Waals surface area contributed by atoms with Crippen LogP contribution in [0.3, 0.4) is 0 Å². The van der Waals surface area contributed by atoms with Crippen LogP contribution in [0, 0.1) is 0 Å². The van der Waals surface area contributed by atoms with Gasteiger partial charge in [0.2, 0.25) is 0 Å². The minimum absolute atomic E-state index is 0.859. The molecule has 53 heavy (non-hydrogen) atoms. The van der Waals surface area contributed by atoms with Crippen LogP contribution in [0.2, 0.25) is 0 Å². The number of para-hydroxylation sites is 2. The quantitative estimate of drug-likeness (QED) is 0.160. The highest BCUT2D eigenvalue weighted by atomic mass is 15.1. The molecule has 8 aromatic carbocycles. The molecule has 0 saturated heterocycles. The van der Waals surface area contributed by atoms with Crippen molar-refractivity contribution in [3.05, 3.63) is 212 Å². The monoisotopic (exact) mass is 677 g/mol. The molecule has 0 bridgehead atoms. The van der Waals surface area contributed by atoms with Crippen LogP contribution in [0.5, 0.6) is 0 Å². The summed E-state index contributed by atoms with van der Waals surface area (Å²) in [6.45, 7) is 0. The Morgan fingerprint density at radius 2 is 0.566 bits per heavy atom. The predicted octanol–water partition coefficient (Wildman–Crippen LogP) is 13.4. The van der Waals surface area contributed by atoms with Gasteiger partial charge in [0.15, 0.2) is 0 Å². The molecule has 0 unspecified atom stereocenters. The third-order valence-corrected chi connectivity index (χ3v) is 9.64. The Labute approximate surface area is 310 Å². The van der Waals surface area contributed by atoms with Crippen LogP contribution >= 0.6 is 0 Å². The number of anilines is 3. The molecule has 9 rings (SSSR count). The van der Waals surface area contributed by atoms with Gasteiger partial charge in [-0.15, -0.1) is 0 Å². The van der Waals surface area contributed by atoms with Crippen molar-refractivity contribution in [2.75, 3.05) is 4.90 Å². The lowest BCUT2D eigenvalue weighted by Crippen LogP contribution is -2.10. The predicted molar refractivity (Wildman–Crippen MR) is 221 cm³/mol. The molecule has 3 heteroatoms. The number of fused-ring (bicyclic) bond motifs is 1. The molecule has 1 aromatic heterocycles. The third-order valence-electron chi connectivity index (χ3n) is 9.64. The number of rotatable bonds is 8. The summed E-state index contributed by atoms with van der Waals surface area (Å²) >= 11 is 0. The first-order valence-electron chi connectivity index (χ1n) is 17.9. The van der Waals surface area contributed by atoms with E-state index in [1.165, 1.54) is 22.3 Å². The Kier molecular flexibility index (Phi) is 8.57. The van der Waals surface area contributed by atoms with Gasteiger partial charge in [-0.1, -0.05) is 158 Å². The van der Waals surface area contributed by atoms with Gasteiger partial charge >= 0.3 is 0 Å². The second-order valence-electron chi connectivity index (χ2n) is 13.1. The zero-order valence-corrected chi connectivity index (χ0v) is 29.0. The van der Waals surface area contributed by atoms with Crippen molar-refractivity contribution in [3.63, 3.8) is 0 Å². The number of hydrogen-bond acceptors (Lipinski definition) is 3. The van der Waals surface area contributed by atoms with Crippen molar-refractivity contribution in [1.29, 1.82) is 0 Å². The summed E-state index contributed by atoms with van der Waals surface area (Å²) in [5.41, 5.74) is 15.7. The Hall–Kier alpha value is -7.10. The average Bonchev–Trinajstić information content (AvgIpc) is 3.25. The Balaban J connectivity index is 1.20. The maximum Gasteiger partial charge on any atom is 0.0973 e. The molecular formula is C50H35N3. The fourth-order valence-electron chi connectivity index (χ4n) is 6.98. The maximum absolute atomic E-state index is 5.17. The van der Waals surface area contributed by atoms with E-state index in [4.69, 9.17) is 9.97 Å². The largest absolute Gasteiger partial charge is 0.310 e. The SMILES string of the molecule is c1ccc(-c2ccc(N(c3ccc(-c4nc5ccccc5nc4-c4ccccc4)cc3)c3cc(-c4ccccc4)cc(-c4ccccc4)c3)cc2)cc1. The van der Waals surface area contributed by atoms with Gasteiger partial charge in [-0.2, -0.15) is 0 Å². The zero-order chi connectivity index (χ0) is 35.4. The smallest absolute Gasteiger partial charge is 0.0973 e. The molecule has 0 amide bonds. The molecule has 0 aliphatic heterocycles. The van der Waals surface area contributed by atoms with Crippen LogP contribution in [0.15, 0.2) is 212 Å². The van der Waals surface area contributed by atoms with E-state index in [2.05, 4.69) is 175 Å². The summed E-state index contributed by atoms with van der Waals surface area (Å²) in [4.78, 5) is 12.6. The highest BCUT2D eigenvalue weighted by Crippen LogP contribution is 2.41. The van der Waals surface area contributed by atoms with Crippen LogP contribution in [-0.2, 0) is 0 Å². The molecule has 250 valence electrons. The number of aromatic nitrogens is 2. The van der Waals surface area contributed by atoms with Crippen LogP contribution in [0.1, 0.15) is 0 Å². The fraction of sp³-hybridized carbons (Fsp3) is 0. The van der Waals surface area contributed by atoms with Gasteiger partial charge in [0.05, 0.1) is 22.4 Å². The van der Waals surface area contributed by atoms with Gasteiger partial charge in [0.25, 0.3) is 0 Å². The highest BCUT2D eigenvalue weighted by Gasteiger charge is 2.18. The van der Waals surface area contributed by atoms with Gasteiger partial charge in [0, 0.05) is 28.2 Å². The van der Waals surface area contributed by atoms with Gasteiger partial charge in [-0.25, -0.2) is 9.97 Å². The van der Waals surface area contributed by atoms with Crippen molar-refractivity contribution in [2.24, 2.45) is 0 Å². The van der Waals surface area contributed by atoms with E-state index in [0.717, 1.165) is 61.7 Å². The number of nitrogens with zero attached hydrogens (tertiary/aromatic N) is 3. The van der Waals surface area contributed by atoms with Gasteiger partial charge in [0.1, 0.15) is 0 Å². The van der Waals surface area contributed by atoms with Crippen LogP contribution in [0.25, 0.3) is 66.9 Å². The fourth-order valence-corrected chi connectivity index (χ4v) is 6.98. The second kappa shape index (κ2) is 14.3. The summed E-state index contributed by atoms with van der Waals surface area (Å²) in [5.74, 6) is 0. The Morgan fingerprint density at radius 1 is 0.245 bits per heavy atom. The van der Waals surface area contributed by atoms with Gasteiger partial charge in [-0.05, 0) is 88.0 Å². The lowest BCUT2D eigenvalue weighted by Gasteiger charge is -2.27. The molecule has 0 N–H and O–H groups in total. The van der Waals surface area contributed by atoms with Gasteiger partial charge < -0.3 is 4.90 Å². The van der Waals surface area contributed by atoms with Crippen LogP contribution in [-0.4, -0.2) is 9.97 Å². The standard InChI is InChI=1S/C50H35N3/c1-5-15-36(16-6-1)39-25-29-44(30-26-39)53(46-34-42(37-17-7-2-8-18-37)33-43(35-46)38-19-9-3-10-20-38)45-31-27-41(28-32-45)50-49(40-21-11-4-12-22-40)51-47-23-13-14-24-48(47)52-50/h1-35H. The van der Waals surface area contributed by atoms with Crippen molar-refractivity contribution in [3.8, 4) is 55.9 Å². The van der Waals surface area contributed by atoms with E-state index in [0.29, 0.717) is 0 Å². The molecule has 0 aliphatic carbocycles. The van der Waals surface area contributed by atoms with E-state index < -0.39 is 0 Å². The topological polar surface area (TPSA) is 29.0 Å². The molecule has 0 spiro atoms. The van der Waals surface area contributed by atoms with Crippen LogP contribution < -0.4 is 4.90 Å². The maximum atomic E-state index is 5.17. The minimum Gasteiger partial charge on any atom is -0.310 e. The lowest BCUT2D eigenvalue weighted by molar-refractivity contribution is 1.27. The summed E-state index contributed by atoms with van der Waals surface area (Å²) in [6.07, 6.45) is 0. The number of benzene rings is 8. The zero-order valence-electron chi connectivity index (χ0n) is 29.0. The molecule has 9 aromatic rings. The average molecular weight is 678 g/mol. The molecule has 0 fully saturated rings. The molecule has 0 aliphatic rings. The molecule has 0 atom stereocenters. The molecule has 1 heterocycles. The molecular weight excluding hydrogens is 643 g/mol. The van der Waals surface area contributed by atoms with Crippen molar-refractivity contribution >= 4 is 28.1 Å². The van der Waals surface area contributed by atoms with Crippen molar-refractivity contribution < 1.29 is 0 Å². The summed E-state index contributed by atoms with van der Waals surface area (Å²) in [7, 11) is 0. The molecule has 0 radical (unpaired) electrons. The van der Waals surface area contributed by atoms with Crippen molar-refractivity contribution in [2.45, 2.75) is 0 Å². The highest BCUT2D eigenvalue weighted by molar-refractivity contribution is 5.89. The van der Waals surface area contributed by atoms with E-state index in [9.17, 15) is 0 Å². The first kappa shape index (κ1) is 31.9. The molecule has 3 nitrogen and oxygen atoms in total. The lowest BCUT2D eigenvalue weighted by atomic mass is 9.97. The Bertz CT molecular complexity index is 2560. The third kappa shape index (κ3) is 6.60. The van der Waals surface area contributed by atoms with E-state index in [1.807, 2.05) is 42.5 Å². The van der Waals surface area contributed by atoms with Crippen LogP contribution in [0.4, 0.5) is 17.1 Å². The van der Waals surface area contributed by atoms with E-state index in [-0.39, 0.29) is 0 Å². The summed E-state index contributed by atoms with van der Waals surface area (Å²) in [6, 6.07) is 74.6.